The Kier molecular flexibility index (Phi) is 6.30. The number of nitrogens with zero attached hydrogens (tertiary/aromatic N) is 5. The van der Waals surface area contributed by atoms with Crippen LogP contribution in [-0.4, -0.2) is 43.0 Å². The van der Waals surface area contributed by atoms with Crippen LogP contribution in [0, 0.1) is 0 Å². The zero-order chi connectivity index (χ0) is 11.0. The molecule has 0 aliphatic rings. The number of rotatable bonds is 6. The second-order valence-corrected chi connectivity index (χ2v) is 2.64. The first-order valence-electron chi connectivity index (χ1n) is 4.37. The Balaban J connectivity index is 4.35. The summed E-state index contributed by atoms with van der Waals surface area (Å²) in [5, 5.41) is 14.6. The minimum Gasteiger partial charge on any atom is -0.273 e. The minimum atomic E-state index is 0.554. The van der Waals surface area contributed by atoms with E-state index in [0.717, 1.165) is 12.3 Å². The van der Waals surface area contributed by atoms with Gasteiger partial charge in [0.05, 0.1) is 19.3 Å². The third-order valence-electron chi connectivity index (χ3n) is 1.45. The standard InChI is InChI=1S/C8H18N6/c1-5-8(11-13(4)9)7-14(6-2)12-10-3/h5H,1,6-7,9H2,2-4H3/b11-8+,12-10-. The maximum atomic E-state index is 5.39. The van der Waals surface area contributed by atoms with Crippen LogP contribution in [0.5, 0.6) is 0 Å². The molecule has 0 radical (unpaired) electrons. The van der Waals surface area contributed by atoms with Crippen LogP contribution in [0.15, 0.2) is 28.1 Å². The van der Waals surface area contributed by atoms with Crippen LogP contribution >= 0.6 is 0 Å². The van der Waals surface area contributed by atoms with E-state index in [1.165, 1.54) is 5.12 Å². The number of hydrazine groups is 1. The molecule has 0 aromatic carbocycles. The molecule has 0 unspecified atom stereocenters. The van der Waals surface area contributed by atoms with E-state index in [1.807, 2.05) is 6.92 Å². The van der Waals surface area contributed by atoms with E-state index in [-0.39, 0.29) is 0 Å². The Morgan fingerprint density at radius 1 is 1.57 bits per heavy atom. The van der Waals surface area contributed by atoms with Gasteiger partial charge >= 0.3 is 0 Å². The molecule has 0 spiro atoms. The molecule has 0 saturated heterocycles. The van der Waals surface area contributed by atoms with Crippen LogP contribution in [0.3, 0.4) is 0 Å². The van der Waals surface area contributed by atoms with Gasteiger partial charge in [-0.3, -0.25) is 5.01 Å². The summed E-state index contributed by atoms with van der Waals surface area (Å²) in [5.74, 6) is 5.39. The SMILES string of the molecule is C=C/C(CN(CC)/N=N\C)=N\N(C)N. The maximum Gasteiger partial charge on any atom is 0.0826 e. The molecule has 6 heteroatoms. The van der Waals surface area contributed by atoms with Crippen molar-refractivity contribution in [1.29, 1.82) is 0 Å². The maximum absolute atomic E-state index is 5.39. The van der Waals surface area contributed by atoms with Crippen LogP contribution in [0.1, 0.15) is 6.92 Å². The molecule has 0 rings (SSSR count). The fourth-order valence-electron chi connectivity index (χ4n) is 0.860. The van der Waals surface area contributed by atoms with E-state index in [1.54, 1.807) is 25.2 Å². The van der Waals surface area contributed by atoms with Gasteiger partial charge < -0.3 is 0 Å². The molecule has 0 aliphatic carbocycles. The molecule has 0 aliphatic heterocycles. The fraction of sp³-hybridized carbons (Fsp3) is 0.625. The highest BCUT2D eigenvalue weighted by Crippen LogP contribution is 1.93. The molecule has 0 atom stereocenters. The molecule has 80 valence electrons. The summed E-state index contributed by atoms with van der Waals surface area (Å²) < 4.78 is 0. The van der Waals surface area contributed by atoms with Crippen LogP contribution in [-0.2, 0) is 0 Å². The first-order chi connectivity index (χ1) is 6.63. The van der Waals surface area contributed by atoms with Crippen molar-refractivity contribution < 1.29 is 0 Å². The van der Waals surface area contributed by atoms with Gasteiger partial charge in [-0.1, -0.05) is 11.8 Å². The Hall–Kier alpha value is -1.43. The third-order valence-corrected chi connectivity index (χ3v) is 1.45. The summed E-state index contributed by atoms with van der Waals surface area (Å²) in [5.41, 5.74) is 0.754. The summed E-state index contributed by atoms with van der Waals surface area (Å²) in [7, 11) is 3.28. The van der Waals surface area contributed by atoms with Crippen molar-refractivity contribution in [2.24, 2.45) is 21.3 Å². The van der Waals surface area contributed by atoms with Crippen molar-refractivity contribution in [2.45, 2.75) is 6.92 Å². The van der Waals surface area contributed by atoms with E-state index in [9.17, 15) is 0 Å². The lowest BCUT2D eigenvalue weighted by Gasteiger charge is -2.15. The monoisotopic (exact) mass is 198 g/mol. The summed E-state index contributed by atoms with van der Waals surface area (Å²) in [6, 6.07) is 0. The van der Waals surface area contributed by atoms with Crippen molar-refractivity contribution in [3.8, 4) is 0 Å². The highest BCUT2D eigenvalue weighted by Gasteiger charge is 2.02. The van der Waals surface area contributed by atoms with E-state index in [0.29, 0.717) is 6.54 Å². The van der Waals surface area contributed by atoms with Crippen LogP contribution in [0.4, 0.5) is 0 Å². The quantitative estimate of drug-likeness (QED) is 0.295. The topological polar surface area (TPSA) is 69.6 Å². The predicted octanol–water partition coefficient (Wildman–Crippen LogP) is 0.653. The van der Waals surface area contributed by atoms with Crippen molar-refractivity contribution in [2.75, 3.05) is 27.2 Å². The predicted molar refractivity (Wildman–Crippen MR) is 57.6 cm³/mol. The van der Waals surface area contributed by atoms with Gasteiger partial charge in [-0.2, -0.15) is 10.2 Å². The molecule has 14 heavy (non-hydrogen) atoms. The van der Waals surface area contributed by atoms with E-state index >= 15 is 0 Å². The fourth-order valence-corrected chi connectivity index (χ4v) is 0.860. The zero-order valence-corrected chi connectivity index (χ0v) is 9.01. The molecule has 0 aromatic rings. The van der Waals surface area contributed by atoms with Gasteiger partial charge in [0, 0.05) is 13.6 Å². The smallest absolute Gasteiger partial charge is 0.0826 e. The lowest BCUT2D eigenvalue weighted by atomic mass is 10.3. The normalized spacial score (nSPS) is 11.9. The molecule has 2 N–H and O–H groups in total. The van der Waals surface area contributed by atoms with Gasteiger partial charge in [0.15, 0.2) is 0 Å². The van der Waals surface area contributed by atoms with Gasteiger partial charge in [-0.25, -0.2) is 11.0 Å². The van der Waals surface area contributed by atoms with Crippen molar-refractivity contribution in [1.82, 2.24) is 10.1 Å². The molecule has 0 saturated carbocycles. The van der Waals surface area contributed by atoms with E-state index in [4.69, 9.17) is 5.84 Å². The van der Waals surface area contributed by atoms with Crippen LogP contribution < -0.4 is 5.84 Å². The number of hydrazone groups is 1. The average molecular weight is 198 g/mol. The molecule has 0 heterocycles. The second-order valence-electron chi connectivity index (χ2n) is 2.64. The van der Waals surface area contributed by atoms with Crippen molar-refractivity contribution in [3.05, 3.63) is 12.7 Å². The van der Waals surface area contributed by atoms with E-state index < -0.39 is 0 Å². The first kappa shape index (κ1) is 12.6. The van der Waals surface area contributed by atoms with Crippen molar-refractivity contribution in [3.63, 3.8) is 0 Å². The van der Waals surface area contributed by atoms with E-state index in [2.05, 4.69) is 22.0 Å². The molecule has 0 aromatic heterocycles. The van der Waals surface area contributed by atoms with Gasteiger partial charge in [0.25, 0.3) is 0 Å². The Morgan fingerprint density at radius 2 is 2.21 bits per heavy atom. The summed E-state index contributed by atoms with van der Waals surface area (Å²) >= 11 is 0. The van der Waals surface area contributed by atoms with Gasteiger partial charge in [0.1, 0.15) is 0 Å². The van der Waals surface area contributed by atoms with Crippen LogP contribution in [0.25, 0.3) is 0 Å². The largest absolute Gasteiger partial charge is 0.273 e. The first-order valence-corrected chi connectivity index (χ1v) is 4.37. The van der Waals surface area contributed by atoms with Crippen LogP contribution in [0.2, 0.25) is 0 Å². The summed E-state index contributed by atoms with van der Waals surface area (Å²) in [6.07, 6.45) is 1.65. The average Bonchev–Trinajstić information content (AvgIpc) is 2.15. The minimum absolute atomic E-state index is 0.554. The molecule has 0 amide bonds. The third kappa shape index (κ3) is 5.26. The highest BCUT2D eigenvalue weighted by molar-refractivity contribution is 5.95. The Labute approximate surface area is 84.7 Å². The molecular weight excluding hydrogens is 180 g/mol. The Bertz CT molecular complexity index is 220. The lowest BCUT2D eigenvalue weighted by Crippen LogP contribution is -2.27. The molecular formula is C8H18N6. The number of hydrogen-bond donors (Lipinski definition) is 1. The Morgan fingerprint density at radius 3 is 2.57 bits per heavy atom. The summed E-state index contributed by atoms with van der Waals surface area (Å²) in [6.45, 7) is 6.95. The number of hydrogen-bond acceptors (Lipinski definition) is 5. The molecule has 6 nitrogen and oxygen atoms in total. The zero-order valence-electron chi connectivity index (χ0n) is 9.01. The highest BCUT2D eigenvalue weighted by atomic mass is 15.6. The molecule has 0 fully saturated rings. The second kappa shape index (κ2) is 7.02. The van der Waals surface area contributed by atoms with Crippen molar-refractivity contribution >= 4 is 5.71 Å². The van der Waals surface area contributed by atoms with Gasteiger partial charge in [0.2, 0.25) is 0 Å². The summed E-state index contributed by atoms with van der Waals surface area (Å²) in [4.78, 5) is 0. The molecule has 0 bridgehead atoms. The van der Waals surface area contributed by atoms with Gasteiger partial charge in [-0.05, 0) is 13.0 Å². The number of nitrogens with two attached hydrogens (primary N) is 1. The lowest BCUT2D eigenvalue weighted by molar-refractivity contribution is 0.316. The van der Waals surface area contributed by atoms with Gasteiger partial charge in [-0.15, -0.1) is 0 Å².